The smallest absolute Gasteiger partial charge is 0.251 e. The van der Waals surface area contributed by atoms with Crippen molar-refractivity contribution in [2.45, 2.75) is 50.6 Å². The fourth-order valence-corrected chi connectivity index (χ4v) is 5.76. The largest absolute Gasteiger partial charge is 0.362 e. The Hall–Kier alpha value is -1.44. The molecule has 3 rings (SSSR count). The minimum Gasteiger partial charge on any atom is -0.362 e. The molecule has 7 heteroatoms. The Balaban J connectivity index is 1.66. The van der Waals surface area contributed by atoms with Crippen LogP contribution in [0.4, 0.5) is 0 Å². The van der Waals surface area contributed by atoms with Gasteiger partial charge >= 0.3 is 0 Å². The van der Waals surface area contributed by atoms with Gasteiger partial charge in [-0.2, -0.15) is 0 Å². The number of amides is 1. The Morgan fingerprint density at radius 2 is 1.93 bits per heavy atom. The van der Waals surface area contributed by atoms with Crippen LogP contribution in [0.15, 0.2) is 24.3 Å². The van der Waals surface area contributed by atoms with E-state index in [2.05, 4.69) is 0 Å². The van der Waals surface area contributed by atoms with Gasteiger partial charge in [0.05, 0.1) is 11.4 Å². The number of rotatable bonds is 4. The molecule has 6 nitrogen and oxygen atoms in total. The third-order valence-corrected chi connectivity index (χ3v) is 7.76. The minimum atomic E-state index is -3.37. The summed E-state index contributed by atoms with van der Waals surface area (Å²) in [5.74, 6) is 0.0720. The molecule has 150 valence electrons. The molecule has 0 N–H and O–H groups in total. The Morgan fingerprint density at radius 1 is 1.26 bits per heavy atom. The van der Waals surface area contributed by atoms with E-state index in [0.29, 0.717) is 25.9 Å². The normalized spacial score (nSPS) is 29.2. The van der Waals surface area contributed by atoms with Crippen molar-refractivity contribution in [1.29, 1.82) is 0 Å². The van der Waals surface area contributed by atoms with Crippen molar-refractivity contribution in [3.8, 4) is 0 Å². The second-order valence-electron chi connectivity index (χ2n) is 8.19. The number of likely N-dealkylation sites (N-methyl/N-ethyl adjacent to an activating group) is 1. The number of benzene rings is 1. The Kier molecular flexibility index (Phi) is 5.66. The van der Waals surface area contributed by atoms with Gasteiger partial charge in [-0.25, -0.2) is 12.7 Å². The summed E-state index contributed by atoms with van der Waals surface area (Å²) in [6.07, 6.45) is 1.75. The fraction of sp³-hybridized carbons (Fsp3) is 0.650. The van der Waals surface area contributed by atoms with Crippen LogP contribution in [0.1, 0.15) is 37.3 Å². The maximum absolute atomic E-state index is 12.9. The van der Waals surface area contributed by atoms with Crippen LogP contribution < -0.4 is 0 Å². The highest BCUT2D eigenvalue weighted by Gasteiger charge is 2.50. The first kappa shape index (κ1) is 20.3. The highest BCUT2D eigenvalue weighted by molar-refractivity contribution is 7.88. The Morgan fingerprint density at radius 3 is 2.52 bits per heavy atom. The first-order chi connectivity index (χ1) is 12.6. The van der Waals surface area contributed by atoms with Gasteiger partial charge in [-0.1, -0.05) is 36.8 Å². The maximum Gasteiger partial charge on any atom is 0.251 e. The molecule has 2 saturated heterocycles. The van der Waals surface area contributed by atoms with Crippen LogP contribution in [0.5, 0.6) is 0 Å². The lowest BCUT2D eigenvalue weighted by Crippen LogP contribution is -2.53. The highest BCUT2D eigenvalue weighted by atomic mass is 32.2. The van der Waals surface area contributed by atoms with Gasteiger partial charge in [0.15, 0.2) is 0 Å². The van der Waals surface area contributed by atoms with Crippen LogP contribution in [0.3, 0.4) is 0 Å². The van der Waals surface area contributed by atoms with Crippen molar-refractivity contribution in [1.82, 2.24) is 9.21 Å². The highest BCUT2D eigenvalue weighted by Crippen LogP contribution is 2.43. The van der Waals surface area contributed by atoms with Gasteiger partial charge in [-0.15, -0.1) is 0 Å². The SMILES string of the molecule is Cc1ccc(CS(=O)(=O)N2CCC3(CCC(C(=O)N(C)C)O3)C(C)C2)cc1. The summed E-state index contributed by atoms with van der Waals surface area (Å²) in [7, 11) is 0.104. The van der Waals surface area contributed by atoms with E-state index in [1.807, 2.05) is 38.1 Å². The van der Waals surface area contributed by atoms with Crippen LogP contribution in [0.2, 0.25) is 0 Å². The van der Waals surface area contributed by atoms with Crippen molar-refractivity contribution >= 4 is 15.9 Å². The van der Waals surface area contributed by atoms with Crippen molar-refractivity contribution in [3.05, 3.63) is 35.4 Å². The summed E-state index contributed by atoms with van der Waals surface area (Å²) < 4.78 is 33.5. The molecule has 0 aliphatic carbocycles. The molecule has 3 atom stereocenters. The number of hydrogen-bond acceptors (Lipinski definition) is 4. The lowest BCUT2D eigenvalue weighted by Gasteiger charge is -2.43. The van der Waals surface area contributed by atoms with Crippen molar-refractivity contribution in [2.75, 3.05) is 27.2 Å². The van der Waals surface area contributed by atoms with Crippen molar-refractivity contribution < 1.29 is 17.9 Å². The van der Waals surface area contributed by atoms with Gasteiger partial charge in [0.1, 0.15) is 6.10 Å². The van der Waals surface area contributed by atoms with Crippen LogP contribution in [0, 0.1) is 12.8 Å². The molecule has 1 aromatic carbocycles. The first-order valence-corrected chi connectivity index (χ1v) is 11.2. The third-order valence-electron chi connectivity index (χ3n) is 5.95. The zero-order valence-corrected chi connectivity index (χ0v) is 17.5. The summed E-state index contributed by atoms with van der Waals surface area (Å²) >= 11 is 0. The third kappa shape index (κ3) is 4.20. The monoisotopic (exact) mass is 394 g/mol. The molecular weight excluding hydrogens is 364 g/mol. The molecule has 2 aliphatic rings. The first-order valence-electron chi connectivity index (χ1n) is 9.55. The molecule has 2 fully saturated rings. The number of ether oxygens (including phenoxy) is 1. The zero-order valence-electron chi connectivity index (χ0n) is 16.6. The Bertz CT molecular complexity index is 791. The number of piperidine rings is 1. The average molecular weight is 395 g/mol. The second kappa shape index (κ2) is 7.53. The van der Waals surface area contributed by atoms with Gasteiger partial charge in [-0.3, -0.25) is 4.79 Å². The summed E-state index contributed by atoms with van der Waals surface area (Å²) in [5, 5.41) is 0. The van der Waals surface area contributed by atoms with Crippen molar-refractivity contribution in [3.63, 3.8) is 0 Å². The lowest BCUT2D eigenvalue weighted by molar-refractivity contribution is -0.152. The molecule has 0 bridgehead atoms. The summed E-state index contributed by atoms with van der Waals surface area (Å²) in [6, 6.07) is 7.62. The van der Waals surface area contributed by atoms with Crippen LogP contribution >= 0.6 is 0 Å². The fourth-order valence-electron chi connectivity index (χ4n) is 4.15. The molecule has 0 saturated carbocycles. The van der Waals surface area contributed by atoms with Gasteiger partial charge in [-0.05, 0) is 37.7 Å². The molecule has 0 radical (unpaired) electrons. The molecule has 3 unspecified atom stereocenters. The molecule has 27 heavy (non-hydrogen) atoms. The van der Waals surface area contributed by atoms with E-state index in [4.69, 9.17) is 4.74 Å². The van der Waals surface area contributed by atoms with E-state index in [0.717, 1.165) is 17.5 Å². The van der Waals surface area contributed by atoms with Gasteiger partial charge in [0.25, 0.3) is 5.91 Å². The predicted molar refractivity (Wildman–Crippen MR) is 105 cm³/mol. The zero-order chi connectivity index (χ0) is 19.8. The number of aryl methyl sites for hydroxylation is 1. The number of hydrogen-bond donors (Lipinski definition) is 0. The predicted octanol–water partition coefficient (Wildman–Crippen LogP) is 2.17. The van der Waals surface area contributed by atoms with E-state index in [1.165, 1.54) is 0 Å². The van der Waals surface area contributed by atoms with E-state index >= 15 is 0 Å². The summed E-state index contributed by atoms with van der Waals surface area (Å²) in [5.41, 5.74) is 1.54. The molecule has 2 aliphatic heterocycles. The van der Waals surface area contributed by atoms with E-state index in [-0.39, 0.29) is 23.2 Å². The quantitative estimate of drug-likeness (QED) is 0.785. The summed E-state index contributed by atoms with van der Waals surface area (Å²) in [6.45, 7) is 4.91. The molecule has 1 aromatic rings. The number of carbonyl (C=O) groups excluding carboxylic acids is 1. The molecule has 1 amide bonds. The second-order valence-corrected chi connectivity index (χ2v) is 10.2. The summed E-state index contributed by atoms with van der Waals surface area (Å²) in [4.78, 5) is 13.8. The standard InChI is InChI=1S/C20H30N2O4S/c1-15-5-7-17(8-6-15)14-27(24,25)22-12-11-20(16(2)13-22)10-9-18(26-20)19(23)21(3)4/h5-8,16,18H,9-14H2,1-4H3. The number of carbonyl (C=O) groups is 1. The molecular formula is C20H30N2O4S. The maximum atomic E-state index is 12.9. The number of sulfonamides is 1. The van der Waals surface area contributed by atoms with Crippen LogP contribution in [-0.4, -0.2) is 62.4 Å². The molecule has 2 heterocycles. The van der Waals surface area contributed by atoms with Gasteiger partial charge in [0, 0.05) is 27.2 Å². The van der Waals surface area contributed by atoms with E-state index in [9.17, 15) is 13.2 Å². The minimum absolute atomic E-state index is 0.00602. The van der Waals surface area contributed by atoms with Crippen LogP contribution in [0.25, 0.3) is 0 Å². The Labute approximate surface area is 162 Å². The number of nitrogens with zero attached hydrogens (tertiary/aromatic N) is 2. The van der Waals surface area contributed by atoms with Crippen LogP contribution in [-0.2, 0) is 25.3 Å². The lowest BCUT2D eigenvalue weighted by atomic mass is 9.81. The van der Waals surface area contributed by atoms with Crippen molar-refractivity contribution in [2.24, 2.45) is 5.92 Å². The van der Waals surface area contributed by atoms with Gasteiger partial charge in [0.2, 0.25) is 10.0 Å². The van der Waals surface area contributed by atoms with E-state index in [1.54, 1.807) is 23.3 Å². The molecule has 1 spiro atoms. The average Bonchev–Trinajstić information content (AvgIpc) is 3.03. The molecule has 0 aromatic heterocycles. The topological polar surface area (TPSA) is 66.9 Å². The van der Waals surface area contributed by atoms with Gasteiger partial charge < -0.3 is 9.64 Å². The van der Waals surface area contributed by atoms with E-state index < -0.39 is 16.1 Å².